The quantitative estimate of drug-likeness (QED) is 0.522. The van der Waals surface area contributed by atoms with Gasteiger partial charge in [-0.3, -0.25) is 14.9 Å². The normalized spacial score (nSPS) is 10.9. The minimum atomic E-state index is -1.23. The zero-order valence-electron chi connectivity index (χ0n) is 9.61. The summed E-state index contributed by atoms with van der Waals surface area (Å²) in [4.78, 5) is 31.4. The number of benzene rings is 1. The molecule has 8 nitrogen and oxygen atoms in total. The zero-order chi connectivity index (χ0) is 13.7. The fourth-order valence-electron chi connectivity index (χ4n) is 1.28. The van der Waals surface area contributed by atoms with Gasteiger partial charge in [-0.05, 0) is 12.1 Å². The van der Waals surface area contributed by atoms with Crippen molar-refractivity contribution in [3.63, 3.8) is 0 Å². The summed E-state index contributed by atoms with van der Waals surface area (Å²) in [5.74, 6) is -1.98. The smallest absolute Gasteiger partial charge is 0.326 e. The Hall–Kier alpha value is -2.35. The fraction of sp³-hybridized carbons (Fsp3) is 0.200. The molecule has 0 spiro atoms. The van der Waals surface area contributed by atoms with Crippen LogP contribution >= 0.6 is 12.4 Å². The molecule has 0 saturated heterocycles. The number of halogens is 1. The molecule has 9 heteroatoms. The Morgan fingerprint density at radius 3 is 2.26 bits per heavy atom. The third kappa shape index (κ3) is 5.21. The van der Waals surface area contributed by atoms with Gasteiger partial charge in [0.25, 0.3) is 5.69 Å². The molecule has 0 bridgehead atoms. The lowest BCUT2D eigenvalue weighted by atomic mass is 10.2. The Morgan fingerprint density at radius 2 is 1.89 bits per heavy atom. The van der Waals surface area contributed by atoms with Crippen molar-refractivity contribution in [3.05, 3.63) is 34.4 Å². The van der Waals surface area contributed by atoms with E-state index in [4.69, 9.17) is 10.8 Å². The Labute approximate surface area is 114 Å². The Balaban J connectivity index is 0.00000324. The van der Waals surface area contributed by atoms with E-state index in [9.17, 15) is 19.7 Å². The lowest BCUT2D eigenvalue weighted by Crippen LogP contribution is -2.33. The van der Waals surface area contributed by atoms with Crippen LogP contribution in [0, 0.1) is 10.1 Å². The highest BCUT2D eigenvalue weighted by molar-refractivity contribution is 5.86. The molecule has 4 N–H and O–H groups in total. The first kappa shape index (κ1) is 16.6. The van der Waals surface area contributed by atoms with E-state index in [1.54, 1.807) is 0 Å². The third-order valence-corrected chi connectivity index (χ3v) is 2.12. The van der Waals surface area contributed by atoms with E-state index in [1.807, 2.05) is 0 Å². The van der Waals surface area contributed by atoms with Gasteiger partial charge in [0.2, 0.25) is 5.91 Å². The van der Waals surface area contributed by atoms with Crippen LogP contribution in [0.15, 0.2) is 24.3 Å². The lowest BCUT2D eigenvalue weighted by molar-refractivity contribution is -0.384. The molecule has 0 aliphatic carbocycles. The van der Waals surface area contributed by atoms with E-state index in [2.05, 4.69) is 5.32 Å². The molecule has 1 amide bonds. The van der Waals surface area contributed by atoms with E-state index in [0.717, 1.165) is 0 Å². The molecule has 0 aromatic heterocycles. The number of hydrogen-bond acceptors (Lipinski definition) is 5. The lowest BCUT2D eigenvalue weighted by Gasteiger charge is -2.13. The molecular formula is C10H12ClN3O5. The van der Waals surface area contributed by atoms with Gasteiger partial charge in [-0.1, -0.05) is 0 Å². The number of carboxylic acid groups (broad SMARTS) is 1. The van der Waals surface area contributed by atoms with E-state index < -0.39 is 22.8 Å². The third-order valence-electron chi connectivity index (χ3n) is 2.12. The van der Waals surface area contributed by atoms with Crippen molar-refractivity contribution < 1.29 is 19.6 Å². The van der Waals surface area contributed by atoms with Gasteiger partial charge in [0.15, 0.2) is 0 Å². The van der Waals surface area contributed by atoms with Gasteiger partial charge in [0, 0.05) is 17.8 Å². The maximum atomic E-state index is 10.8. The maximum absolute atomic E-state index is 10.8. The highest BCUT2D eigenvalue weighted by Crippen LogP contribution is 2.16. The minimum absolute atomic E-state index is 0. The maximum Gasteiger partial charge on any atom is 0.326 e. The second-order valence-corrected chi connectivity index (χ2v) is 3.51. The van der Waals surface area contributed by atoms with Crippen LogP contribution < -0.4 is 11.1 Å². The number of hydrogen-bond donors (Lipinski definition) is 3. The fourth-order valence-corrected chi connectivity index (χ4v) is 1.28. The number of primary amides is 1. The molecule has 0 aliphatic heterocycles. The molecule has 1 atom stereocenters. The SMILES string of the molecule is Cl.NC(=O)C[C@H](Nc1ccc([N+](=O)[O-])cc1)C(=O)O. The summed E-state index contributed by atoms with van der Waals surface area (Å²) >= 11 is 0. The predicted octanol–water partition coefficient (Wildman–Crippen LogP) is 0.757. The van der Waals surface area contributed by atoms with Gasteiger partial charge in [0.1, 0.15) is 6.04 Å². The van der Waals surface area contributed by atoms with Crippen LogP contribution in [0.1, 0.15) is 6.42 Å². The number of nitro groups is 1. The molecule has 0 aliphatic rings. The molecule has 0 saturated carbocycles. The number of non-ortho nitro benzene ring substituents is 1. The molecule has 1 aromatic rings. The molecule has 104 valence electrons. The molecule has 0 unspecified atom stereocenters. The van der Waals surface area contributed by atoms with Crippen LogP contribution in [0.2, 0.25) is 0 Å². The predicted molar refractivity (Wildman–Crippen MR) is 69.2 cm³/mol. The summed E-state index contributed by atoms with van der Waals surface area (Å²) in [6, 6.07) is 4.00. The first-order chi connectivity index (χ1) is 8.40. The van der Waals surface area contributed by atoms with Gasteiger partial charge in [-0.15, -0.1) is 12.4 Å². The Morgan fingerprint density at radius 1 is 1.37 bits per heavy atom. The summed E-state index contributed by atoms with van der Waals surface area (Å²) in [7, 11) is 0. The van der Waals surface area contributed by atoms with Crippen molar-refractivity contribution in [3.8, 4) is 0 Å². The standard InChI is InChI=1S/C10H11N3O5.ClH/c11-9(14)5-8(10(15)16)12-6-1-3-7(4-2-6)13(17)18;/h1-4,8,12H,5H2,(H2,11,14)(H,15,16);1H/t8-;/m0./s1. The number of nitrogens with one attached hydrogen (secondary N) is 1. The number of aliphatic carboxylic acids is 1. The van der Waals surface area contributed by atoms with Crippen LogP contribution in [-0.4, -0.2) is 27.9 Å². The largest absolute Gasteiger partial charge is 0.480 e. The molecule has 19 heavy (non-hydrogen) atoms. The summed E-state index contributed by atoms with van der Waals surface area (Å²) in [5, 5.41) is 21.8. The average Bonchev–Trinajstić information content (AvgIpc) is 2.28. The Bertz CT molecular complexity index is 477. The monoisotopic (exact) mass is 289 g/mol. The number of anilines is 1. The van der Waals surface area contributed by atoms with Crippen LogP contribution in [0.4, 0.5) is 11.4 Å². The van der Waals surface area contributed by atoms with Gasteiger partial charge in [-0.2, -0.15) is 0 Å². The number of carbonyl (C=O) groups excluding carboxylic acids is 1. The molecule has 1 rings (SSSR count). The number of nitrogens with zero attached hydrogens (tertiary/aromatic N) is 1. The number of amides is 1. The second-order valence-electron chi connectivity index (χ2n) is 3.51. The van der Waals surface area contributed by atoms with Crippen LogP contribution in [-0.2, 0) is 9.59 Å². The second kappa shape index (κ2) is 7.17. The molecular weight excluding hydrogens is 278 g/mol. The molecule has 0 fully saturated rings. The van der Waals surface area contributed by atoms with E-state index in [-0.39, 0.29) is 24.5 Å². The van der Waals surface area contributed by atoms with Crippen LogP contribution in [0.3, 0.4) is 0 Å². The topological polar surface area (TPSA) is 136 Å². The number of rotatable bonds is 6. The zero-order valence-corrected chi connectivity index (χ0v) is 10.4. The first-order valence-corrected chi connectivity index (χ1v) is 4.92. The van der Waals surface area contributed by atoms with Crippen molar-refractivity contribution in [2.45, 2.75) is 12.5 Å². The molecule has 0 radical (unpaired) electrons. The summed E-state index contributed by atoms with van der Waals surface area (Å²) < 4.78 is 0. The molecule has 1 aromatic carbocycles. The summed E-state index contributed by atoms with van der Waals surface area (Å²) in [6.45, 7) is 0. The van der Waals surface area contributed by atoms with Crippen molar-refractivity contribution in [1.29, 1.82) is 0 Å². The van der Waals surface area contributed by atoms with Crippen molar-refractivity contribution in [1.82, 2.24) is 0 Å². The highest BCUT2D eigenvalue weighted by atomic mass is 35.5. The van der Waals surface area contributed by atoms with Crippen LogP contribution in [0.25, 0.3) is 0 Å². The van der Waals surface area contributed by atoms with E-state index in [0.29, 0.717) is 5.69 Å². The Kier molecular flexibility index (Phi) is 6.28. The number of carbonyl (C=O) groups is 2. The average molecular weight is 290 g/mol. The van der Waals surface area contributed by atoms with Crippen molar-refractivity contribution in [2.24, 2.45) is 5.73 Å². The van der Waals surface area contributed by atoms with Crippen LogP contribution in [0.5, 0.6) is 0 Å². The van der Waals surface area contributed by atoms with Gasteiger partial charge < -0.3 is 16.2 Å². The summed E-state index contributed by atoms with van der Waals surface area (Å²) in [6.07, 6.45) is -0.369. The molecule has 0 heterocycles. The number of nitrogens with two attached hydrogens (primary N) is 1. The van der Waals surface area contributed by atoms with Crippen molar-refractivity contribution in [2.75, 3.05) is 5.32 Å². The number of nitro benzene ring substituents is 1. The first-order valence-electron chi connectivity index (χ1n) is 4.92. The highest BCUT2D eigenvalue weighted by Gasteiger charge is 2.19. The van der Waals surface area contributed by atoms with E-state index in [1.165, 1.54) is 24.3 Å². The van der Waals surface area contributed by atoms with Gasteiger partial charge >= 0.3 is 5.97 Å². The van der Waals surface area contributed by atoms with E-state index >= 15 is 0 Å². The van der Waals surface area contributed by atoms with Crippen molar-refractivity contribution >= 4 is 35.7 Å². The summed E-state index contributed by atoms with van der Waals surface area (Å²) in [5.41, 5.74) is 5.16. The van der Waals surface area contributed by atoms with Gasteiger partial charge in [0.05, 0.1) is 11.3 Å². The van der Waals surface area contributed by atoms with Gasteiger partial charge in [-0.25, -0.2) is 4.79 Å². The minimum Gasteiger partial charge on any atom is -0.480 e. The number of carboxylic acids is 1.